The van der Waals surface area contributed by atoms with E-state index >= 15 is 0 Å². The largest absolute Gasteiger partial charge is 0.456 e. The minimum absolute atomic E-state index is 0.158. The normalized spacial score (nSPS) is 45.1. The first-order valence-electron chi connectivity index (χ1n) is 19.2. The minimum atomic E-state index is -0.570. The van der Waals surface area contributed by atoms with E-state index in [2.05, 4.69) is 26.7 Å². The van der Waals surface area contributed by atoms with Crippen LogP contribution in [-0.4, -0.2) is 70.2 Å². The highest BCUT2D eigenvalue weighted by molar-refractivity contribution is 5.88. The Bertz CT molecular complexity index is 1470. The summed E-state index contributed by atoms with van der Waals surface area (Å²) in [6, 6.07) is 0. The highest BCUT2D eigenvalue weighted by atomic mass is 16.7. The summed E-state index contributed by atoms with van der Waals surface area (Å²) in [4.78, 5) is 46.5. The molecule has 10 heteroatoms. The molecular weight excluding hydrogens is 652 g/mol. The standard InChI is InChI=1S/C16H24O2.C14H20O3.C11H12O5/c1-4-16(18-15(17)10(2)3)13-6-11-5-12(8-13)9-14(16)7-11;1-9(2)12(15)17-14-6-10-3-11(7-14)5-13(16,4-10)8-14;1-4(2)10(12)15-8-6-3-5-7(14-6)9(8)16-11(5)13/h11-14H,2,4-9H2,1,3H3;10-11,16H,1,3-8H2,2H3;5-9H,1,3H2,2H3. The van der Waals surface area contributed by atoms with Crippen LogP contribution < -0.4 is 0 Å². The van der Waals surface area contributed by atoms with Crippen molar-refractivity contribution >= 4 is 23.9 Å². The van der Waals surface area contributed by atoms with E-state index in [1.54, 1.807) is 20.8 Å². The Balaban J connectivity index is 0.000000120. The van der Waals surface area contributed by atoms with Crippen LogP contribution in [0, 0.1) is 41.4 Å². The van der Waals surface area contributed by atoms with Gasteiger partial charge in [-0.2, -0.15) is 0 Å². The lowest BCUT2D eigenvalue weighted by Crippen LogP contribution is -2.60. The maximum absolute atomic E-state index is 12.0. The molecule has 8 aliphatic carbocycles. The maximum atomic E-state index is 12.0. The average Bonchev–Trinajstić information content (AvgIpc) is 3.67. The lowest BCUT2D eigenvalue weighted by Gasteiger charge is -2.60. The molecule has 3 saturated heterocycles. The summed E-state index contributed by atoms with van der Waals surface area (Å²) >= 11 is 0. The van der Waals surface area contributed by atoms with Crippen molar-refractivity contribution in [3.8, 4) is 0 Å². The molecule has 0 spiro atoms. The second-order valence-electron chi connectivity index (χ2n) is 17.9. The molecule has 0 radical (unpaired) electrons. The average molecular weight is 709 g/mol. The van der Waals surface area contributed by atoms with Crippen LogP contribution in [0.2, 0.25) is 0 Å². The van der Waals surface area contributed by atoms with E-state index in [1.165, 1.54) is 38.5 Å². The van der Waals surface area contributed by atoms with Crippen molar-refractivity contribution in [2.45, 2.75) is 152 Å². The number of rotatable bonds is 7. The Morgan fingerprint density at radius 2 is 1.27 bits per heavy atom. The van der Waals surface area contributed by atoms with Gasteiger partial charge in [-0.05, 0) is 133 Å². The molecule has 0 aromatic carbocycles. The highest BCUT2D eigenvalue weighted by Crippen LogP contribution is 2.61. The molecule has 0 amide bonds. The monoisotopic (exact) mass is 708 g/mol. The van der Waals surface area contributed by atoms with E-state index in [0.29, 0.717) is 53.2 Å². The number of ether oxygens (including phenoxy) is 5. The fourth-order valence-electron chi connectivity index (χ4n) is 12.2. The number of aliphatic hydroxyl groups is 1. The molecule has 280 valence electrons. The van der Waals surface area contributed by atoms with Crippen molar-refractivity contribution in [3.05, 3.63) is 36.5 Å². The number of carbonyl (C=O) groups excluding carboxylic acids is 4. The SMILES string of the molecule is C=C(C)C(=O)OC1(CC)C2CC3CC(C2)CC1C3.C=C(C)C(=O)OC12CC3CC(CC(O)(C3)C1)C2.C=C(C)C(=O)OC1C2CC3C(=O)OC1C3O2. The van der Waals surface area contributed by atoms with E-state index in [0.717, 1.165) is 43.9 Å². The quantitative estimate of drug-likeness (QED) is 0.188. The van der Waals surface area contributed by atoms with E-state index in [-0.39, 0.29) is 41.6 Å². The van der Waals surface area contributed by atoms with Crippen LogP contribution in [0.5, 0.6) is 0 Å². The zero-order valence-corrected chi connectivity index (χ0v) is 30.8. The Morgan fingerprint density at radius 1 is 0.745 bits per heavy atom. The second kappa shape index (κ2) is 13.2. The van der Waals surface area contributed by atoms with Crippen LogP contribution in [0.15, 0.2) is 36.5 Å². The summed E-state index contributed by atoms with van der Waals surface area (Å²) in [7, 11) is 0. The van der Waals surface area contributed by atoms with Gasteiger partial charge in [-0.1, -0.05) is 26.7 Å². The number of carbonyl (C=O) groups is 4. The molecule has 10 nitrogen and oxygen atoms in total. The lowest BCUT2D eigenvalue weighted by atomic mass is 9.49. The Labute approximate surface area is 301 Å². The summed E-state index contributed by atoms with van der Waals surface area (Å²) in [5, 5.41) is 10.5. The molecule has 7 unspecified atom stereocenters. The first kappa shape index (κ1) is 36.4. The van der Waals surface area contributed by atoms with E-state index in [4.69, 9.17) is 23.7 Å². The third-order valence-electron chi connectivity index (χ3n) is 13.7. The third-order valence-corrected chi connectivity index (χ3v) is 13.7. The zero-order valence-electron chi connectivity index (χ0n) is 30.8. The van der Waals surface area contributed by atoms with Crippen LogP contribution in [0.25, 0.3) is 0 Å². The Kier molecular flexibility index (Phi) is 9.38. The predicted molar refractivity (Wildman–Crippen MR) is 186 cm³/mol. The van der Waals surface area contributed by atoms with Gasteiger partial charge in [0.25, 0.3) is 0 Å². The Morgan fingerprint density at radius 3 is 1.78 bits per heavy atom. The van der Waals surface area contributed by atoms with Crippen molar-refractivity contribution in [1.29, 1.82) is 0 Å². The van der Waals surface area contributed by atoms with E-state index in [9.17, 15) is 24.3 Å². The summed E-state index contributed by atoms with van der Waals surface area (Å²) in [5.74, 6) is 2.82. The summed E-state index contributed by atoms with van der Waals surface area (Å²) in [6.07, 6.45) is 12.3. The molecule has 11 fully saturated rings. The molecule has 8 saturated carbocycles. The topological polar surface area (TPSA) is 135 Å². The summed E-state index contributed by atoms with van der Waals surface area (Å²) in [5.41, 5.74) is 0.200. The fraction of sp³-hybridized carbons (Fsp3) is 0.756. The molecule has 3 aliphatic heterocycles. The van der Waals surface area contributed by atoms with Crippen LogP contribution in [0.3, 0.4) is 0 Å². The molecule has 0 aromatic rings. The van der Waals surface area contributed by atoms with Crippen LogP contribution in [0.1, 0.15) is 111 Å². The molecule has 3 heterocycles. The third kappa shape index (κ3) is 6.62. The number of hydrogen-bond acceptors (Lipinski definition) is 10. The van der Waals surface area contributed by atoms with Gasteiger partial charge >= 0.3 is 23.9 Å². The number of fused-ring (bicyclic) bond motifs is 1. The Hall–Kier alpha value is -2.98. The van der Waals surface area contributed by atoms with Crippen molar-refractivity contribution < 1.29 is 48.0 Å². The molecule has 51 heavy (non-hydrogen) atoms. The molecule has 0 aromatic heterocycles. The van der Waals surface area contributed by atoms with Gasteiger partial charge in [-0.15, -0.1) is 0 Å². The van der Waals surface area contributed by atoms with Gasteiger partial charge in [0.2, 0.25) is 0 Å². The second-order valence-corrected chi connectivity index (χ2v) is 17.9. The van der Waals surface area contributed by atoms with Gasteiger partial charge < -0.3 is 28.8 Å². The van der Waals surface area contributed by atoms with Gasteiger partial charge in [0, 0.05) is 23.1 Å². The maximum Gasteiger partial charge on any atom is 0.333 e. The van der Waals surface area contributed by atoms with Gasteiger partial charge in [0.1, 0.15) is 17.3 Å². The summed E-state index contributed by atoms with van der Waals surface area (Å²) < 4.78 is 27.6. The number of esters is 4. The van der Waals surface area contributed by atoms with Crippen molar-refractivity contribution in [1.82, 2.24) is 0 Å². The number of hydrogen-bond donors (Lipinski definition) is 1. The van der Waals surface area contributed by atoms with Crippen LogP contribution >= 0.6 is 0 Å². The van der Waals surface area contributed by atoms with Gasteiger partial charge in [-0.3, -0.25) is 4.79 Å². The molecule has 11 aliphatic rings. The smallest absolute Gasteiger partial charge is 0.333 e. The fourth-order valence-corrected chi connectivity index (χ4v) is 12.2. The van der Waals surface area contributed by atoms with Crippen LogP contribution in [-0.2, 0) is 42.9 Å². The molecule has 11 rings (SSSR count). The van der Waals surface area contributed by atoms with Crippen molar-refractivity contribution in [2.75, 3.05) is 0 Å². The molecular formula is C41H56O10. The molecule has 1 N–H and O–H groups in total. The van der Waals surface area contributed by atoms with Crippen LogP contribution in [0.4, 0.5) is 0 Å². The first-order chi connectivity index (χ1) is 24.0. The minimum Gasteiger partial charge on any atom is -0.456 e. The van der Waals surface area contributed by atoms with Crippen molar-refractivity contribution in [2.24, 2.45) is 41.4 Å². The predicted octanol–water partition coefficient (Wildman–Crippen LogP) is 6.09. The van der Waals surface area contributed by atoms with Gasteiger partial charge in [0.05, 0.1) is 17.6 Å². The summed E-state index contributed by atoms with van der Waals surface area (Å²) in [6.45, 7) is 18.1. The van der Waals surface area contributed by atoms with Gasteiger partial charge in [0.15, 0.2) is 12.2 Å². The molecule has 10 bridgehead atoms. The van der Waals surface area contributed by atoms with Crippen molar-refractivity contribution in [3.63, 3.8) is 0 Å². The lowest BCUT2D eigenvalue weighted by molar-refractivity contribution is -0.217. The zero-order chi connectivity index (χ0) is 36.6. The highest BCUT2D eigenvalue weighted by Gasteiger charge is 2.65. The molecule has 7 atom stereocenters. The first-order valence-corrected chi connectivity index (χ1v) is 19.2. The van der Waals surface area contributed by atoms with E-state index in [1.807, 2.05) is 0 Å². The van der Waals surface area contributed by atoms with E-state index < -0.39 is 29.4 Å². The van der Waals surface area contributed by atoms with Gasteiger partial charge in [-0.25, -0.2) is 14.4 Å².